The quantitative estimate of drug-likeness (QED) is 0.365. The molecule has 8 heteroatoms. The van der Waals surface area contributed by atoms with Crippen molar-refractivity contribution in [3.8, 4) is 0 Å². The van der Waals surface area contributed by atoms with E-state index in [-0.39, 0.29) is 16.0 Å². The van der Waals surface area contributed by atoms with Crippen molar-refractivity contribution in [1.82, 2.24) is 0 Å². The standard InChI is InChI=1S/C21H20N4O2S2/c22-21(23)15-9-6-11-17(25-29(26,27)14-7-2-1-3-8-14)20(15)19-13-24-16-10-4-5-12-18(16)28-19/h1-12,19,24-25H,13H2,(H3,22,23). The maximum atomic E-state index is 12.9. The monoisotopic (exact) mass is 424 g/mol. The molecule has 1 aliphatic rings. The number of para-hydroxylation sites is 1. The molecule has 0 amide bonds. The van der Waals surface area contributed by atoms with Crippen LogP contribution in [-0.4, -0.2) is 20.8 Å². The van der Waals surface area contributed by atoms with E-state index in [9.17, 15) is 8.42 Å². The minimum absolute atomic E-state index is 0.0970. The van der Waals surface area contributed by atoms with Crippen LogP contribution in [0.4, 0.5) is 11.4 Å². The van der Waals surface area contributed by atoms with Crippen molar-refractivity contribution < 1.29 is 8.42 Å². The molecule has 0 spiro atoms. The van der Waals surface area contributed by atoms with E-state index in [1.807, 2.05) is 24.3 Å². The first-order valence-corrected chi connectivity index (χ1v) is 11.4. The molecule has 4 rings (SSSR count). The molecule has 0 fully saturated rings. The van der Waals surface area contributed by atoms with E-state index in [0.717, 1.165) is 10.6 Å². The highest BCUT2D eigenvalue weighted by atomic mass is 32.2. The summed E-state index contributed by atoms with van der Waals surface area (Å²) in [6.07, 6.45) is 0. The van der Waals surface area contributed by atoms with Gasteiger partial charge in [0.25, 0.3) is 10.0 Å². The highest BCUT2D eigenvalue weighted by Gasteiger charge is 2.27. The minimum Gasteiger partial charge on any atom is -0.384 e. The molecule has 0 aliphatic carbocycles. The lowest BCUT2D eigenvalue weighted by Crippen LogP contribution is -2.23. The largest absolute Gasteiger partial charge is 0.384 e. The normalized spacial score (nSPS) is 15.8. The van der Waals surface area contributed by atoms with Gasteiger partial charge in [0.05, 0.1) is 15.8 Å². The summed E-state index contributed by atoms with van der Waals surface area (Å²) in [6.45, 7) is 0.589. The summed E-state index contributed by atoms with van der Waals surface area (Å²) in [4.78, 5) is 1.25. The smallest absolute Gasteiger partial charge is 0.261 e. The molecule has 0 bridgehead atoms. The number of amidine groups is 1. The van der Waals surface area contributed by atoms with Crippen LogP contribution in [0.2, 0.25) is 0 Å². The summed E-state index contributed by atoms with van der Waals surface area (Å²) >= 11 is 1.63. The van der Waals surface area contributed by atoms with Crippen LogP contribution in [-0.2, 0) is 10.0 Å². The number of anilines is 2. The first-order chi connectivity index (χ1) is 14.0. The lowest BCUT2D eigenvalue weighted by atomic mass is 10.0. The number of benzene rings is 3. The molecule has 0 aromatic heterocycles. The van der Waals surface area contributed by atoms with Crippen LogP contribution < -0.4 is 15.8 Å². The molecule has 148 valence electrons. The van der Waals surface area contributed by atoms with E-state index in [4.69, 9.17) is 11.1 Å². The van der Waals surface area contributed by atoms with Gasteiger partial charge in [-0.2, -0.15) is 0 Å². The van der Waals surface area contributed by atoms with E-state index in [1.165, 1.54) is 0 Å². The van der Waals surface area contributed by atoms with Gasteiger partial charge in [-0.05, 0) is 30.3 Å². The fourth-order valence-corrected chi connectivity index (χ4v) is 5.68. The number of sulfonamides is 1. The Kier molecular flexibility index (Phi) is 5.21. The first kappa shape index (κ1) is 19.4. The van der Waals surface area contributed by atoms with E-state index in [0.29, 0.717) is 23.4 Å². The molecule has 3 aromatic rings. The lowest BCUT2D eigenvalue weighted by molar-refractivity contribution is 0.601. The molecule has 0 saturated heterocycles. The van der Waals surface area contributed by atoms with E-state index < -0.39 is 10.0 Å². The zero-order chi connectivity index (χ0) is 20.4. The number of nitrogens with two attached hydrogens (primary N) is 1. The van der Waals surface area contributed by atoms with Gasteiger partial charge in [0.15, 0.2) is 0 Å². The zero-order valence-corrected chi connectivity index (χ0v) is 17.1. The fourth-order valence-electron chi connectivity index (χ4n) is 3.31. The van der Waals surface area contributed by atoms with Crippen LogP contribution in [0.1, 0.15) is 16.4 Å². The van der Waals surface area contributed by atoms with Crippen LogP contribution in [0.25, 0.3) is 0 Å². The molecular formula is C21H20N4O2S2. The van der Waals surface area contributed by atoms with Crippen LogP contribution in [0.15, 0.2) is 82.6 Å². The highest BCUT2D eigenvalue weighted by molar-refractivity contribution is 7.99. The molecule has 1 unspecified atom stereocenters. The van der Waals surface area contributed by atoms with Gasteiger partial charge in [-0.1, -0.05) is 42.5 Å². The minimum atomic E-state index is -3.77. The van der Waals surface area contributed by atoms with Crippen molar-refractivity contribution in [3.63, 3.8) is 0 Å². The van der Waals surface area contributed by atoms with Gasteiger partial charge in [-0.25, -0.2) is 8.42 Å². The molecule has 5 N–H and O–H groups in total. The molecule has 29 heavy (non-hydrogen) atoms. The summed E-state index contributed by atoms with van der Waals surface area (Å²) in [7, 11) is -3.77. The number of nitrogen functional groups attached to an aromatic ring is 1. The summed E-state index contributed by atoms with van der Waals surface area (Å²) < 4.78 is 28.5. The molecule has 0 radical (unpaired) electrons. The second-order valence-electron chi connectivity index (χ2n) is 6.58. The third-order valence-electron chi connectivity index (χ3n) is 4.65. The van der Waals surface area contributed by atoms with Gasteiger partial charge < -0.3 is 11.1 Å². The zero-order valence-electron chi connectivity index (χ0n) is 15.4. The predicted octanol–water partition coefficient (Wildman–Crippen LogP) is 4.03. The summed E-state index contributed by atoms with van der Waals surface area (Å²) in [6, 6.07) is 21.3. The predicted molar refractivity (Wildman–Crippen MR) is 118 cm³/mol. The van der Waals surface area contributed by atoms with Crippen molar-refractivity contribution in [2.24, 2.45) is 5.73 Å². The Bertz CT molecular complexity index is 1160. The summed E-state index contributed by atoms with van der Waals surface area (Å²) in [5.74, 6) is -0.0970. The van der Waals surface area contributed by atoms with Gasteiger partial charge in [-0.15, -0.1) is 11.8 Å². The van der Waals surface area contributed by atoms with Gasteiger partial charge in [0.1, 0.15) is 5.84 Å². The van der Waals surface area contributed by atoms with Gasteiger partial charge >= 0.3 is 0 Å². The topological polar surface area (TPSA) is 108 Å². The van der Waals surface area contributed by atoms with Crippen molar-refractivity contribution in [2.75, 3.05) is 16.6 Å². The van der Waals surface area contributed by atoms with Gasteiger partial charge in [0, 0.05) is 28.3 Å². The van der Waals surface area contributed by atoms with Crippen LogP contribution in [0.3, 0.4) is 0 Å². The fraction of sp³-hybridized carbons (Fsp3) is 0.0952. The second kappa shape index (κ2) is 7.81. The maximum Gasteiger partial charge on any atom is 0.261 e. The van der Waals surface area contributed by atoms with Gasteiger partial charge in [0.2, 0.25) is 0 Å². The van der Waals surface area contributed by atoms with Crippen LogP contribution in [0.5, 0.6) is 0 Å². The second-order valence-corrected chi connectivity index (χ2v) is 9.51. The number of hydrogen-bond donors (Lipinski definition) is 4. The Morgan fingerprint density at radius 3 is 2.52 bits per heavy atom. The Balaban J connectivity index is 1.76. The number of hydrogen-bond acceptors (Lipinski definition) is 5. The molecule has 1 aliphatic heterocycles. The molecule has 0 saturated carbocycles. The SMILES string of the molecule is N=C(N)c1cccc(NS(=O)(=O)c2ccccc2)c1C1CNc2ccccc2S1. The lowest BCUT2D eigenvalue weighted by Gasteiger charge is -2.29. The van der Waals surface area contributed by atoms with Crippen molar-refractivity contribution in [2.45, 2.75) is 15.0 Å². The molecule has 3 aromatic carbocycles. The van der Waals surface area contributed by atoms with Gasteiger partial charge in [-0.3, -0.25) is 10.1 Å². The highest BCUT2D eigenvalue weighted by Crippen LogP contribution is 2.46. The third kappa shape index (κ3) is 3.94. The van der Waals surface area contributed by atoms with Crippen LogP contribution >= 0.6 is 11.8 Å². The summed E-state index contributed by atoms with van der Waals surface area (Å²) in [5.41, 5.74) is 8.53. The summed E-state index contributed by atoms with van der Waals surface area (Å²) in [5, 5.41) is 11.3. The number of thioether (sulfide) groups is 1. The van der Waals surface area contributed by atoms with Crippen LogP contribution in [0, 0.1) is 5.41 Å². The number of rotatable bonds is 5. The van der Waals surface area contributed by atoms with E-state index in [1.54, 1.807) is 60.3 Å². The van der Waals surface area contributed by atoms with Crippen molar-refractivity contribution in [1.29, 1.82) is 5.41 Å². The molecular weight excluding hydrogens is 404 g/mol. The molecule has 6 nitrogen and oxygen atoms in total. The average molecular weight is 425 g/mol. The Morgan fingerprint density at radius 2 is 1.76 bits per heavy atom. The molecule has 1 atom stereocenters. The van der Waals surface area contributed by atoms with E-state index >= 15 is 0 Å². The molecule has 1 heterocycles. The number of fused-ring (bicyclic) bond motifs is 1. The Labute approximate surface area is 174 Å². The van der Waals surface area contributed by atoms with Crippen molar-refractivity contribution >= 4 is 39.0 Å². The first-order valence-electron chi connectivity index (χ1n) is 9.00. The average Bonchev–Trinajstić information content (AvgIpc) is 2.73. The number of nitrogens with one attached hydrogen (secondary N) is 3. The van der Waals surface area contributed by atoms with E-state index in [2.05, 4.69) is 10.0 Å². The maximum absolute atomic E-state index is 12.9. The third-order valence-corrected chi connectivity index (χ3v) is 7.33. The van der Waals surface area contributed by atoms with Crippen molar-refractivity contribution in [3.05, 3.63) is 83.9 Å². The Hall–Kier alpha value is -2.97. The Morgan fingerprint density at radius 1 is 1.03 bits per heavy atom.